The number of carbonyl (C=O) groups excluding carboxylic acids is 1. The largest absolute Gasteiger partial charge is 0.481 e. The lowest BCUT2D eigenvalue weighted by molar-refractivity contribution is 0.0817. The summed E-state index contributed by atoms with van der Waals surface area (Å²) in [6.07, 6.45) is -0.578. The molecule has 2 aromatic carbocycles. The van der Waals surface area contributed by atoms with Crippen molar-refractivity contribution in [1.29, 1.82) is 0 Å². The predicted octanol–water partition coefficient (Wildman–Crippen LogP) is 4.92. The van der Waals surface area contributed by atoms with E-state index in [-0.39, 0.29) is 5.78 Å². The summed E-state index contributed by atoms with van der Waals surface area (Å²) in [7, 11) is 0. The van der Waals surface area contributed by atoms with Crippen LogP contribution in [0.2, 0.25) is 5.02 Å². The highest BCUT2D eigenvalue weighted by molar-refractivity contribution is 6.32. The maximum Gasteiger partial charge on any atom is 0.203 e. The van der Waals surface area contributed by atoms with E-state index in [4.69, 9.17) is 16.3 Å². The van der Waals surface area contributed by atoms with E-state index in [1.54, 1.807) is 13.0 Å². The fourth-order valence-electron chi connectivity index (χ4n) is 2.17. The summed E-state index contributed by atoms with van der Waals surface area (Å²) in [4.78, 5) is 12.5. The van der Waals surface area contributed by atoms with Gasteiger partial charge in [0.25, 0.3) is 0 Å². The number of aryl methyl sites for hydroxylation is 3. The molecule has 2 rings (SSSR count). The van der Waals surface area contributed by atoms with Crippen LogP contribution in [0.3, 0.4) is 0 Å². The molecule has 0 saturated heterocycles. The fourth-order valence-corrected chi connectivity index (χ4v) is 2.45. The molecule has 2 aromatic rings. The Morgan fingerprint density at radius 1 is 1.05 bits per heavy atom. The monoisotopic (exact) mass is 302 g/mol. The number of rotatable bonds is 4. The van der Waals surface area contributed by atoms with E-state index in [0.717, 1.165) is 16.7 Å². The Bertz CT molecular complexity index is 677. The summed E-state index contributed by atoms with van der Waals surface area (Å²) in [5.41, 5.74) is 3.77. The van der Waals surface area contributed by atoms with Gasteiger partial charge in [0.1, 0.15) is 5.75 Å². The summed E-state index contributed by atoms with van der Waals surface area (Å²) >= 11 is 6.14. The molecule has 0 amide bonds. The first-order valence-electron chi connectivity index (χ1n) is 6.93. The molecule has 0 fully saturated rings. The zero-order valence-electron chi connectivity index (χ0n) is 12.7. The Morgan fingerprint density at radius 3 is 2.33 bits per heavy atom. The molecule has 0 spiro atoms. The summed E-state index contributed by atoms with van der Waals surface area (Å²) in [5.74, 6) is 0.501. The Kier molecular flexibility index (Phi) is 4.69. The standard InChI is InChI=1S/C18H19ClO2/c1-11-5-7-13(3)15(9-11)18(20)14(4)21-17-8-6-12(2)10-16(17)19/h5-10,14H,1-4H3. The molecular formula is C18H19ClO2. The average molecular weight is 303 g/mol. The van der Waals surface area contributed by atoms with Crippen molar-refractivity contribution in [1.82, 2.24) is 0 Å². The van der Waals surface area contributed by atoms with E-state index in [1.165, 1.54) is 0 Å². The summed E-state index contributed by atoms with van der Waals surface area (Å²) in [6, 6.07) is 11.4. The molecule has 0 aliphatic rings. The first-order valence-corrected chi connectivity index (χ1v) is 7.30. The van der Waals surface area contributed by atoms with Crippen LogP contribution in [0.1, 0.15) is 34.0 Å². The summed E-state index contributed by atoms with van der Waals surface area (Å²) in [5, 5.41) is 0.524. The Labute approximate surface area is 130 Å². The van der Waals surface area contributed by atoms with Gasteiger partial charge in [-0.3, -0.25) is 4.79 Å². The quantitative estimate of drug-likeness (QED) is 0.750. The second-order valence-corrected chi connectivity index (χ2v) is 5.78. The van der Waals surface area contributed by atoms with Crippen LogP contribution >= 0.6 is 11.6 Å². The van der Waals surface area contributed by atoms with Crippen molar-refractivity contribution in [3.8, 4) is 5.75 Å². The van der Waals surface area contributed by atoms with Crippen LogP contribution in [-0.4, -0.2) is 11.9 Å². The molecule has 110 valence electrons. The van der Waals surface area contributed by atoms with Crippen LogP contribution in [0.4, 0.5) is 0 Å². The minimum absolute atomic E-state index is 0.0344. The van der Waals surface area contributed by atoms with Crippen LogP contribution in [0.5, 0.6) is 5.75 Å². The SMILES string of the molecule is Cc1ccc(OC(C)C(=O)c2cc(C)ccc2C)c(Cl)c1. The summed E-state index contributed by atoms with van der Waals surface area (Å²) in [6.45, 7) is 7.61. The number of hydrogen-bond donors (Lipinski definition) is 0. The van der Waals surface area contributed by atoms with Gasteiger partial charge in [0.2, 0.25) is 5.78 Å². The minimum atomic E-state index is -0.578. The van der Waals surface area contributed by atoms with Crippen molar-refractivity contribution in [3.63, 3.8) is 0 Å². The van der Waals surface area contributed by atoms with Crippen LogP contribution in [0.15, 0.2) is 36.4 Å². The summed E-state index contributed by atoms with van der Waals surface area (Å²) < 4.78 is 5.73. The average Bonchev–Trinajstić information content (AvgIpc) is 2.43. The van der Waals surface area contributed by atoms with E-state index in [0.29, 0.717) is 16.3 Å². The van der Waals surface area contributed by atoms with Crippen LogP contribution in [0, 0.1) is 20.8 Å². The zero-order chi connectivity index (χ0) is 15.6. The second kappa shape index (κ2) is 6.31. The van der Waals surface area contributed by atoms with Crippen molar-refractivity contribution in [2.75, 3.05) is 0 Å². The molecule has 1 unspecified atom stereocenters. The van der Waals surface area contributed by atoms with Crippen molar-refractivity contribution >= 4 is 17.4 Å². The molecule has 0 heterocycles. The fraction of sp³-hybridized carbons (Fsp3) is 0.278. The highest BCUT2D eigenvalue weighted by atomic mass is 35.5. The van der Waals surface area contributed by atoms with E-state index < -0.39 is 6.10 Å². The third-order valence-electron chi connectivity index (χ3n) is 3.42. The van der Waals surface area contributed by atoms with Gasteiger partial charge in [-0.2, -0.15) is 0 Å². The van der Waals surface area contributed by atoms with Crippen molar-refractivity contribution in [2.24, 2.45) is 0 Å². The molecule has 0 radical (unpaired) electrons. The number of halogens is 1. The maximum absolute atomic E-state index is 12.5. The van der Waals surface area contributed by atoms with E-state index in [1.807, 2.05) is 51.1 Å². The van der Waals surface area contributed by atoms with Gasteiger partial charge in [-0.1, -0.05) is 35.4 Å². The normalized spacial score (nSPS) is 12.0. The van der Waals surface area contributed by atoms with Gasteiger partial charge in [-0.25, -0.2) is 0 Å². The second-order valence-electron chi connectivity index (χ2n) is 5.38. The molecule has 21 heavy (non-hydrogen) atoms. The Hall–Kier alpha value is -1.80. The van der Waals surface area contributed by atoms with Crippen molar-refractivity contribution in [2.45, 2.75) is 33.8 Å². The van der Waals surface area contributed by atoms with Crippen LogP contribution < -0.4 is 4.74 Å². The van der Waals surface area contributed by atoms with E-state index in [2.05, 4.69) is 0 Å². The minimum Gasteiger partial charge on any atom is -0.481 e. The van der Waals surface area contributed by atoms with Gasteiger partial charge >= 0.3 is 0 Å². The van der Waals surface area contributed by atoms with Crippen LogP contribution in [-0.2, 0) is 0 Å². The lowest BCUT2D eigenvalue weighted by Gasteiger charge is -2.16. The first kappa shape index (κ1) is 15.6. The molecule has 0 saturated carbocycles. The van der Waals surface area contributed by atoms with Gasteiger partial charge in [-0.05, 0) is 57.0 Å². The zero-order valence-corrected chi connectivity index (χ0v) is 13.5. The van der Waals surface area contributed by atoms with Gasteiger partial charge < -0.3 is 4.74 Å². The number of hydrogen-bond acceptors (Lipinski definition) is 2. The molecule has 1 atom stereocenters. The number of ether oxygens (including phenoxy) is 1. The third-order valence-corrected chi connectivity index (χ3v) is 3.71. The molecule has 0 N–H and O–H groups in total. The highest BCUT2D eigenvalue weighted by Crippen LogP contribution is 2.27. The van der Waals surface area contributed by atoms with Gasteiger partial charge in [0.05, 0.1) is 5.02 Å². The smallest absolute Gasteiger partial charge is 0.203 e. The van der Waals surface area contributed by atoms with E-state index >= 15 is 0 Å². The third kappa shape index (κ3) is 3.64. The maximum atomic E-state index is 12.5. The molecular weight excluding hydrogens is 284 g/mol. The van der Waals surface area contributed by atoms with Gasteiger partial charge in [0, 0.05) is 5.56 Å². The first-order chi connectivity index (χ1) is 9.88. The Morgan fingerprint density at radius 2 is 1.67 bits per heavy atom. The lowest BCUT2D eigenvalue weighted by atomic mass is 9.99. The highest BCUT2D eigenvalue weighted by Gasteiger charge is 2.19. The van der Waals surface area contributed by atoms with Crippen molar-refractivity contribution in [3.05, 3.63) is 63.7 Å². The number of Topliss-reactive ketones (excluding diaryl/α,β-unsaturated/α-hetero) is 1. The number of ketones is 1. The number of benzene rings is 2. The topological polar surface area (TPSA) is 26.3 Å². The molecule has 2 nitrogen and oxygen atoms in total. The van der Waals surface area contributed by atoms with Gasteiger partial charge in [0.15, 0.2) is 6.10 Å². The van der Waals surface area contributed by atoms with Crippen LogP contribution in [0.25, 0.3) is 0 Å². The molecule has 0 aromatic heterocycles. The molecule has 0 aliphatic heterocycles. The van der Waals surface area contributed by atoms with Gasteiger partial charge in [-0.15, -0.1) is 0 Å². The lowest BCUT2D eigenvalue weighted by Crippen LogP contribution is -2.24. The predicted molar refractivity (Wildman–Crippen MR) is 86.5 cm³/mol. The molecule has 3 heteroatoms. The Balaban J connectivity index is 2.21. The molecule has 0 bridgehead atoms. The van der Waals surface area contributed by atoms with Crippen molar-refractivity contribution < 1.29 is 9.53 Å². The molecule has 0 aliphatic carbocycles. The number of carbonyl (C=O) groups is 1. The van der Waals surface area contributed by atoms with E-state index in [9.17, 15) is 4.79 Å².